The average Bonchev–Trinajstić information content (AvgIpc) is 3.40. The molecule has 152 valence electrons. The lowest BCUT2D eigenvalue weighted by molar-refractivity contribution is 0.331. The predicted molar refractivity (Wildman–Crippen MR) is 118 cm³/mol. The van der Waals surface area contributed by atoms with E-state index in [1.165, 1.54) is 37.1 Å². The summed E-state index contributed by atoms with van der Waals surface area (Å²) in [5.41, 5.74) is 4.67. The van der Waals surface area contributed by atoms with E-state index >= 15 is 0 Å². The van der Waals surface area contributed by atoms with Crippen LogP contribution in [0.25, 0.3) is 22.4 Å². The second kappa shape index (κ2) is 7.54. The molecular weight excluding hydrogens is 374 g/mol. The van der Waals surface area contributed by atoms with E-state index in [-0.39, 0.29) is 5.56 Å². The number of hydrogen-bond donors (Lipinski definition) is 0. The predicted octanol–water partition coefficient (Wildman–Crippen LogP) is 3.78. The van der Waals surface area contributed by atoms with Crippen LogP contribution in [0.2, 0.25) is 0 Å². The smallest absolute Gasteiger partial charge is 0.269 e. The fourth-order valence-electron chi connectivity index (χ4n) is 4.20. The van der Waals surface area contributed by atoms with Crippen LogP contribution < -0.4 is 5.56 Å². The van der Waals surface area contributed by atoms with Gasteiger partial charge in [-0.25, -0.2) is 9.67 Å². The number of benzene rings is 2. The standard InChI is InChI=1S/C24H25N5O/c1-17-5-9-21(10-6-17)29-23-22(15-25-29)24(30)28(18(2)26-23)20-11-7-19(8-12-20)16-27-13-3-4-14-27/h5-12,15H,3-4,13-14,16H2,1-2H3. The molecule has 0 aliphatic carbocycles. The van der Waals surface area contributed by atoms with Gasteiger partial charge in [0, 0.05) is 6.54 Å². The Morgan fingerprint density at radius 2 is 1.57 bits per heavy atom. The second-order valence-electron chi connectivity index (χ2n) is 8.08. The van der Waals surface area contributed by atoms with Crippen molar-refractivity contribution in [1.29, 1.82) is 0 Å². The molecule has 3 heterocycles. The van der Waals surface area contributed by atoms with E-state index in [0.717, 1.165) is 17.9 Å². The van der Waals surface area contributed by atoms with E-state index in [1.807, 2.05) is 50.2 Å². The Hall–Kier alpha value is -3.25. The van der Waals surface area contributed by atoms with Crippen LogP contribution in [0.5, 0.6) is 0 Å². The number of rotatable bonds is 4. The van der Waals surface area contributed by atoms with Gasteiger partial charge in [0.05, 0.1) is 17.6 Å². The van der Waals surface area contributed by atoms with E-state index in [0.29, 0.717) is 16.9 Å². The number of likely N-dealkylation sites (tertiary alicyclic amines) is 1. The molecular formula is C24H25N5O. The Morgan fingerprint density at radius 1 is 0.900 bits per heavy atom. The van der Waals surface area contributed by atoms with Crippen LogP contribution in [-0.2, 0) is 6.54 Å². The van der Waals surface area contributed by atoms with Crippen molar-refractivity contribution >= 4 is 11.0 Å². The number of aromatic nitrogens is 4. The van der Waals surface area contributed by atoms with E-state index < -0.39 is 0 Å². The van der Waals surface area contributed by atoms with Crippen molar-refractivity contribution in [3.05, 3.63) is 82.0 Å². The molecule has 6 nitrogen and oxygen atoms in total. The summed E-state index contributed by atoms with van der Waals surface area (Å²) in [7, 11) is 0. The van der Waals surface area contributed by atoms with Gasteiger partial charge in [-0.1, -0.05) is 29.8 Å². The monoisotopic (exact) mass is 399 g/mol. The first-order valence-electron chi connectivity index (χ1n) is 10.5. The summed E-state index contributed by atoms with van der Waals surface area (Å²) in [6, 6.07) is 16.3. The summed E-state index contributed by atoms with van der Waals surface area (Å²) >= 11 is 0. The van der Waals surface area contributed by atoms with Gasteiger partial charge in [0.25, 0.3) is 5.56 Å². The Labute approximate surface area is 175 Å². The molecule has 0 radical (unpaired) electrons. The molecule has 5 rings (SSSR count). The molecule has 0 saturated carbocycles. The maximum atomic E-state index is 13.3. The summed E-state index contributed by atoms with van der Waals surface area (Å²) < 4.78 is 3.40. The fraction of sp³-hybridized carbons (Fsp3) is 0.292. The highest BCUT2D eigenvalue weighted by atomic mass is 16.1. The van der Waals surface area contributed by atoms with Gasteiger partial charge in [-0.05, 0) is 69.6 Å². The molecule has 0 amide bonds. The minimum Gasteiger partial charge on any atom is -0.299 e. The zero-order valence-corrected chi connectivity index (χ0v) is 17.4. The molecule has 1 aliphatic rings. The van der Waals surface area contributed by atoms with Crippen LogP contribution >= 0.6 is 0 Å². The van der Waals surface area contributed by atoms with Crippen LogP contribution in [-0.4, -0.2) is 37.3 Å². The van der Waals surface area contributed by atoms with Crippen molar-refractivity contribution in [2.75, 3.05) is 13.1 Å². The van der Waals surface area contributed by atoms with Gasteiger partial charge in [-0.3, -0.25) is 14.3 Å². The van der Waals surface area contributed by atoms with E-state index in [9.17, 15) is 4.79 Å². The van der Waals surface area contributed by atoms with Crippen LogP contribution in [0.4, 0.5) is 0 Å². The summed E-state index contributed by atoms with van der Waals surface area (Å²) in [6.07, 6.45) is 4.19. The largest absolute Gasteiger partial charge is 0.299 e. The first kappa shape index (κ1) is 18.8. The van der Waals surface area contributed by atoms with E-state index in [1.54, 1.807) is 15.4 Å². The highest BCUT2D eigenvalue weighted by Gasteiger charge is 2.16. The average molecular weight is 399 g/mol. The van der Waals surface area contributed by atoms with Crippen molar-refractivity contribution in [3.63, 3.8) is 0 Å². The molecule has 4 aromatic rings. The van der Waals surface area contributed by atoms with Crippen molar-refractivity contribution in [1.82, 2.24) is 24.2 Å². The molecule has 0 bridgehead atoms. The summed E-state index contributed by atoms with van der Waals surface area (Å²) in [4.78, 5) is 20.5. The number of aryl methyl sites for hydroxylation is 2. The van der Waals surface area contributed by atoms with Crippen LogP contribution in [0.3, 0.4) is 0 Å². The molecule has 2 aromatic carbocycles. The molecule has 30 heavy (non-hydrogen) atoms. The lowest BCUT2D eigenvalue weighted by atomic mass is 10.2. The molecule has 2 aromatic heterocycles. The van der Waals surface area contributed by atoms with E-state index in [4.69, 9.17) is 4.98 Å². The summed E-state index contributed by atoms with van der Waals surface area (Å²) in [5, 5.41) is 4.95. The zero-order chi connectivity index (χ0) is 20.7. The minimum atomic E-state index is -0.0943. The Morgan fingerprint density at radius 3 is 2.27 bits per heavy atom. The summed E-state index contributed by atoms with van der Waals surface area (Å²) in [6.45, 7) is 7.22. The van der Waals surface area contributed by atoms with Crippen LogP contribution in [0, 0.1) is 13.8 Å². The maximum absolute atomic E-state index is 13.3. The van der Waals surface area contributed by atoms with Gasteiger partial charge in [-0.15, -0.1) is 0 Å². The van der Waals surface area contributed by atoms with Crippen LogP contribution in [0.15, 0.2) is 59.5 Å². The normalized spacial score (nSPS) is 14.6. The Balaban J connectivity index is 1.52. The SMILES string of the molecule is Cc1ccc(-n2ncc3c(=O)n(-c4ccc(CN5CCCC5)cc4)c(C)nc32)cc1. The van der Waals surface area contributed by atoms with Gasteiger partial charge in [-0.2, -0.15) is 5.10 Å². The maximum Gasteiger partial charge on any atom is 0.269 e. The van der Waals surface area contributed by atoms with Crippen molar-refractivity contribution in [2.24, 2.45) is 0 Å². The molecule has 6 heteroatoms. The number of fused-ring (bicyclic) bond motifs is 1. The Bertz CT molecular complexity index is 1250. The molecule has 1 fully saturated rings. The third kappa shape index (κ3) is 3.33. The molecule has 0 unspecified atom stereocenters. The third-order valence-corrected chi connectivity index (χ3v) is 5.85. The fourth-order valence-corrected chi connectivity index (χ4v) is 4.20. The first-order chi connectivity index (χ1) is 14.6. The van der Waals surface area contributed by atoms with Gasteiger partial charge in [0.1, 0.15) is 11.2 Å². The molecule has 0 spiro atoms. The number of hydrogen-bond acceptors (Lipinski definition) is 4. The minimum absolute atomic E-state index is 0.0943. The van der Waals surface area contributed by atoms with Crippen molar-refractivity contribution in [2.45, 2.75) is 33.2 Å². The molecule has 1 aliphatic heterocycles. The quantitative estimate of drug-likeness (QED) is 0.524. The topological polar surface area (TPSA) is 56.0 Å². The summed E-state index contributed by atoms with van der Waals surface area (Å²) in [5.74, 6) is 0.647. The second-order valence-corrected chi connectivity index (χ2v) is 8.08. The van der Waals surface area contributed by atoms with Crippen LogP contribution in [0.1, 0.15) is 29.8 Å². The lowest BCUT2D eigenvalue weighted by Crippen LogP contribution is -2.22. The van der Waals surface area contributed by atoms with Gasteiger partial charge in [0.2, 0.25) is 0 Å². The zero-order valence-electron chi connectivity index (χ0n) is 17.4. The lowest BCUT2D eigenvalue weighted by Gasteiger charge is -2.15. The highest BCUT2D eigenvalue weighted by Crippen LogP contribution is 2.18. The van der Waals surface area contributed by atoms with Crippen molar-refractivity contribution < 1.29 is 0 Å². The molecule has 0 N–H and O–H groups in total. The first-order valence-corrected chi connectivity index (χ1v) is 10.5. The van der Waals surface area contributed by atoms with Gasteiger partial charge < -0.3 is 0 Å². The molecule has 0 atom stereocenters. The number of nitrogens with zero attached hydrogens (tertiary/aromatic N) is 5. The van der Waals surface area contributed by atoms with Crippen molar-refractivity contribution in [3.8, 4) is 11.4 Å². The highest BCUT2D eigenvalue weighted by molar-refractivity contribution is 5.75. The van der Waals surface area contributed by atoms with Gasteiger partial charge in [0.15, 0.2) is 5.65 Å². The van der Waals surface area contributed by atoms with Gasteiger partial charge >= 0.3 is 0 Å². The Kier molecular flexibility index (Phi) is 4.71. The van der Waals surface area contributed by atoms with E-state index in [2.05, 4.69) is 22.1 Å². The third-order valence-electron chi connectivity index (χ3n) is 5.85. The molecule has 1 saturated heterocycles.